The molecule has 0 aliphatic heterocycles. The van der Waals surface area contributed by atoms with Crippen molar-refractivity contribution in [2.24, 2.45) is 0 Å². The minimum Gasteiger partial charge on any atom is -0.478 e. The number of anilines is 2. The fourth-order valence-electron chi connectivity index (χ4n) is 1.45. The monoisotopic (exact) mass is 298 g/mol. The van der Waals surface area contributed by atoms with Crippen molar-refractivity contribution in [1.29, 1.82) is 0 Å². The van der Waals surface area contributed by atoms with Crippen LogP contribution in [0, 0.1) is 6.92 Å². The molecule has 0 aliphatic carbocycles. The molecule has 0 bridgehead atoms. The number of aryl methyl sites for hydroxylation is 1. The van der Waals surface area contributed by atoms with Crippen LogP contribution in [0.5, 0.6) is 0 Å². The van der Waals surface area contributed by atoms with Crippen LogP contribution in [0.15, 0.2) is 27.6 Å². The first-order chi connectivity index (χ1) is 9.29. The molecule has 0 spiro atoms. The lowest BCUT2D eigenvalue weighted by Gasteiger charge is -2.08. The van der Waals surface area contributed by atoms with Gasteiger partial charge in [0.1, 0.15) is 4.90 Å². The maximum absolute atomic E-state index is 12.1. The summed E-state index contributed by atoms with van der Waals surface area (Å²) in [5.41, 5.74) is 5.18. The molecule has 2 aromatic rings. The highest BCUT2D eigenvalue weighted by molar-refractivity contribution is 7.92. The molecular formula is C10H10N4O5S. The van der Waals surface area contributed by atoms with Gasteiger partial charge in [0.25, 0.3) is 10.0 Å². The summed E-state index contributed by atoms with van der Waals surface area (Å²) >= 11 is 0. The van der Waals surface area contributed by atoms with Crippen LogP contribution in [0.1, 0.15) is 16.2 Å². The lowest BCUT2D eigenvalue weighted by molar-refractivity contribution is 0.0692. The molecular weight excluding hydrogens is 288 g/mol. The lowest BCUT2D eigenvalue weighted by Crippen LogP contribution is -2.17. The molecule has 0 fully saturated rings. The van der Waals surface area contributed by atoms with E-state index in [1.165, 1.54) is 13.0 Å². The Morgan fingerprint density at radius 2 is 2.15 bits per heavy atom. The van der Waals surface area contributed by atoms with Gasteiger partial charge in [-0.05, 0) is 25.1 Å². The molecule has 106 valence electrons. The van der Waals surface area contributed by atoms with Crippen molar-refractivity contribution in [3.8, 4) is 0 Å². The van der Waals surface area contributed by atoms with Crippen molar-refractivity contribution < 1.29 is 22.8 Å². The number of aromatic carboxylic acids is 1. The number of nitrogen functional groups attached to an aromatic ring is 1. The summed E-state index contributed by atoms with van der Waals surface area (Å²) in [5, 5.41) is 12.4. The van der Waals surface area contributed by atoms with E-state index in [4.69, 9.17) is 10.8 Å². The number of carboxylic acid groups (broad SMARTS) is 1. The van der Waals surface area contributed by atoms with Crippen LogP contribution in [0.3, 0.4) is 0 Å². The number of benzene rings is 1. The van der Waals surface area contributed by atoms with E-state index in [0.717, 1.165) is 12.1 Å². The zero-order valence-electron chi connectivity index (χ0n) is 10.2. The van der Waals surface area contributed by atoms with Gasteiger partial charge in [-0.15, -0.1) is 0 Å². The number of carboxylic acids is 1. The molecule has 2 rings (SSSR count). The van der Waals surface area contributed by atoms with Crippen molar-refractivity contribution in [1.82, 2.24) is 10.1 Å². The maximum atomic E-state index is 12.1. The van der Waals surface area contributed by atoms with Crippen molar-refractivity contribution in [3.05, 3.63) is 29.6 Å². The summed E-state index contributed by atoms with van der Waals surface area (Å²) in [4.78, 5) is 14.2. The molecule has 0 saturated heterocycles. The van der Waals surface area contributed by atoms with Gasteiger partial charge < -0.3 is 15.4 Å². The van der Waals surface area contributed by atoms with E-state index < -0.39 is 26.5 Å². The average molecular weight is 298 g/mol. The molecule has 9 nitrogen and oxygen atoms in total. The summed E-state index contributed by atoms with van der Waals surface area (Å²) in [5.74, 6) is -1.17. The van der Waals surface area contributed by atoms with E-state index in [2.05, 4.69) is 14.7 Å². The fraction of sp³-hybridized carbons (Fsp3) is 0.100. The van der Waals surface area contributed by atoms with Gasteiger partial charge in [-0.1, -0.05) is 5.16 Å². The van der Waals surface area contributed by atoms with Gasteiger partial charge in [-0.25, -0.2) is 17.9 Å². The highest BCUT2D eigenvalue weighted by Crippen LogP contribution is 2.21. The number of hydrogen-bond donors (Lipinski definition) is 3. The van der Waals surface area contributed by atoms with Gasteiger partial charge in [-0.3, -0.25) is 0 Å². The van der Waals surface area contributed by atoms with E-state index in [9.17, 15) is 13.2 Å². The third-order valence-corrected chi connectivity index (χ3v) is 3.63. The zero-order valence-corrected chi connectivity index (χ0v) is 11.0. The van der Waals surface area contributed by atoms with Gasteiger partial charge in [0, 0.05) is 5.69 Å². The number of nitrogens with one attached hydrogen (secondary N) is 1. The Morgan fingerprint density at radius 3 is 2.70 bits per heavy atom. The number of carbonyl (C=O) groups is 1. The third-order valence-electron chi connectivity index (χ3n) is 2.27. The molecule has 1 heterocycles. The Balaban J connectivity index is 2.48. The molecule has 0 radical (unpaired) electrons. The fourth-order valence-corrected chi connectivity index (χ4v) is 2.61. The predicted octanol–water partition coefficient (Wildman–Crippen LogP) is 0.459. The highest BCUT2D eigenvalue weighted by Gasteiger charge is 2.24. The van der Waals surface area contributed by atoms with E-state index >= 15 is 0 Å². The van der Waals surface area contributed by atoms with Crippen molar-refractivity contribution in [2.75, 3.05) is 10.5 Å². The Morgan fingerprint density at radius 1 is 1.45 bits per heavy atom. The van der Waals surface area contributed by atoms with E-state index in [1.54, 1.807) is 0 Å². The lowest BCUT2D eigenvalue weighted by atomic mass is 10.2. The average Bonchev–Trinajstić information content (AvgIpc) is 2.73. The summed E-state index contributed by atoms with van der Waals surface area (Å²) < 4.78 is 30.9. The van der Waals surface area contributed by atoms with Crippen LogP contribution in [-0.4, -0.2) is 29.6 Å². The summed E-state index contributed by atoms with van der Waals surface area (Å²) in [6.07, 6.45) is 0. The molecule has 0 aliphatic rings. The summed E-state index contributed by atoms with van der Waals surface area (Å²) in [7, 11) is -4.21. The number of nitrogens with zero attached hydrogens (tertiary/aromatic N) is 2. The van der Waals surface area contributed by atoms with Crippen LogP contribution in [-0.2, 0) is 10.0 Å². The molecule has 0 saturated carbocycles. The molecule has 4 N–H and O–H groups in total. The van der Waals surface area contributed by atoms with E-state index in [1.807, 2.05) is 4.72 Å². The number of rotatable bonds is 4. The number of sulfonamides is 1. The van der Waals surface area contributed by atoms with Crippen LogP contribution < -0.4 is 10.5 Å². The number of nitrogens with two attached hydrogens (primary N) is 1. The molecule has 1 aromatic carbocycles. The van der Waals surface area contributed by atoms with E-state index in [-0.39, 0.29) is 17.5 Å². The molecule has 0 amide bonds. The van der Waals surface area contributed by atoms with Gasteiger partial charge in [-0.2, -0.15) is 4.98 Å². The second-order valence-electron chi connectivity index (χ2n) is 3.81. The quantitative estimate of drug-likeness (QED) is 0.689. The maximum Gasteiger partial charge on any atom is 0.337 e. The summed E-state index contributed by atoms with van der Waals surface area (Å²) in [6.45, 7) is 1.50. The Bertz CT molecular complexity index is 768. The molecule has 10 heteroatoms. The molecule has 0 atom stereocenters. The van der Waals surface area contributed by atoms with Crippen molar-refractivity contribution in [2.45, 2.75) is 11.8 Å². The number of hydrogen-bond acceptors (Lipinski definition) is 7. The molecule has 1 aromatic heterocycles. The molecule has 20 heavy (non-hydrogen) atoms. The number of aromatic nitrogens is 2. The van der Waals surface area contributed by atoms with Crippen LogP contribution in [0.4, 0.5) is 11.7 Å². The Labute approximate surface area is 113 Å². The van der Waals surface area contributed by atoms with Crippen LogP contribution >= 0.6 is 0 Å². The second-order valence-corrected chi connectivity index (χ2v) is 5.46. The largest absolute Gasteiger partial charge is 0.478 e. The van der Waals surface area contributed by atoms with E-state index in [0.29, 0.717) is 0 Å². The van der Waals surface area contributed by atoms with Gasteiger partial charge in [0.15, 0.2) is 5.82 Å². The normalized spacial score (nSPS) is 11.2. The van der Waals surface area contributed by atoms with Crippen LogP contribution in [0.25, 0.3) is 0 Å². The van der Waals surface area contributed by atoms with Crippen molar-refractivity contribution in [3.63, 3.8) is 0 Å². The standard InChI is InChI=1S/C10H10N4O5S/c1-5-12-10(19-13-5)14-20(17,18)8-4-6(11)2-3-7(8)9(15)16/h2-4H,11H2,1H3,(H,15,16)(H,12,13,14). The summed E-state index contributed by atoms with van der Waals surface area (Å²) in [6, 6.07) is 3.07. The SMILES string of the molecule is Cc1noc(NS(=O)(=O)c2cc(N)ccc2C(=O)O)n1. The second kappa shape index (κ2) is 4.81. The van der Waals surface area contributed by atoms with Gasteiger partial charge in [0.05, 0.1) is 5.56 Å². The Hall–Kier alpha value is -2.62. The van der Waals surface area contributed by atoms with Crippen molar-refractivity contribution >= 4 is 27.7 Å². The first-order valence-corrected chi connectivity index (χ1v) is 6.74. The first-order valence-electron chi connectivity index (χ1n) is 5.25. The highest BCUT2D eigenvalue weighted by atomic mass is 32.2. The Kier molecular flexibility index (Phi) is 3.32. The smallest absolute Gasteiger partial charge is 0.337 e. The zero-order chi connectivity index (χ0) is 14.9. The predicted molar refractivity (Wildman–Crippen MR) is 67.7 cm³/mol. The first kappa shape index (κ1) is 13.8. The van der Waals surface area contributed by atoms with Gasteiger partial charge >= 0.3 is 12.0 Å². The van der Waals surface area contributed by atoms with Crippen LogP contribution in [0.2, 0.25) is 0 Å². The van der Waals surface area contributed by atoms with Gasteiger partial charge in [0.2, 0.25) is 0 Å². The minimum absolute atomic E-state index is 0.108. The minimum atomic E-state index is -4.21. The molecule has 0 unspecified atom stereocenters. The topological polar surface area (TPSA) is 148 Å². The third kappa shape index (κ3) is 2.69.